The van der Waals surface area contributed by atoms with E-state index in [2.05, 4.69) is 0 Å². The first kappa shape index (κ1) is 18.1. The molecule has 4 rings (SSSR count). The van der Waals surface area contributed by atoms with Crippen LogP contribution >= 0.6 is 0 Å². The molecule has 1 aliphatic rings. The van der Waals surface area contributed by atoms with Gasteiger partial charge in [-0.15, -0.1) is 0 Å². The molecule has 1 saturated carbocycles. The quantitative estimate of drug-likeness (QED) is 0.605. The Morgan fingerprint density at radius 1 is 1.00 bits per heavy atom. The normalized spacial score (nSPS) is 20.4. The molecular weight excluding hydrogens is 348 g/mol. The summed E-state index contributed by atoms with van der Waals surface area (Å²) in [5, 5.41) is 9.59. The number of carboxylic acids is 1. The Labute approximate surface area is 164 Å². The van der Waals surface area contributed by atoms with Crippen LogP contribution in [0.15, 0.2) is 83.9 Å². The van der Waals surface area contributed by atoms with E-state index in [4.69, 9.17) is 9.98 Å². The molecule has 0 bridgehead atoms. The number of carboxylic acid groups (broad SMARTS) is 1. The molecule has 1 aliphatic carbocycles. The van der Waals surface area contributed by atoms with Crippen LogP contribution in [0.3, 0.4) is 0 Å². The van der Waals surface area contributed by atoms with Gasteiger partial charge in [0.1, 0.15) is 0 Å². The highest BCUT2D eigenvalue weighted by Gasteiger charge is 2.60. The number of hydrogen-bond donors (Lipinski definition) is 1. The van der Waals surface area contributed by atoms with Crippen LogP contribution < -0.4 is 0 Å². The molecule has 0 amide bonds. The molecule has 0 spiro atoms. The maximum absolute atomic E-state index is 11.7. The number of carbonyl (C=O) groups is 1. The van der Waals surface area contributed by atoms with Crippen molar-refractivity contribution in [2.24, 2.45) is 10.4 Å². The summed E-state index contributed by atoms with van der Waals surface area (Å²) in [7, 11) is 0. The molecule has 28 heavy (non-hydrogen) atoms. The Morgan fingerprint density at radius 3 is 2.11 bits per heavy atom. The predicted octanol–water partition coefficient (Wildman–Crippen LogP) is 5.22. The fourth-order valence-electron chi connectivity index (χ4n) is 3.77. The van der Waals surface area contributed by atoms with E-state index in [-0.39, 0.29) is 5.92 Å². The average molecular weight is 370 g/mol. The number of pyridine rings is 1. The van der Waals surface area contributed by atoms with Crippen LogP contribution in [0, 0.1) is 5.41 Å². The minimum atomic E-state index is -0.732. The minimum Gasteiger partial charge on any atom is -0.481 e. The third kappa shape index (κ3) is 3.33. The molecule has 2 aromatic carbocycles. The second kappa shape index (κ2) is 7.39. The van der Waals surface area contributed by atoms with Gasteiger partial charge in [-0.25, -0.2) is 9.98 Å². The van der Waals surface area contributed by atoms with E-state index in [1.165, 1.54) is 0 Å². The van der Waals surface area contributed by atoms with E-state index in [0.717, 1.165) is 22.5 Å². The molecule has 4 nitrogen and oxygen atoms in total. The Hall–Kier alpha value is -3.27. The monoisotopic (exact) mass is 370 g/mol. The third-order valence-corrected chi connectivity index (χ3v) is 5.57. The van der Waals surface area contributed by atoms with Gasteiger partial charge in [0, 0.05) is 22.7 Å². The number of hydrogen-bond acceptors (Lipinski definition) is 3. The number of aliphatic carboxylic acids is 1. The first-order valence-electron chi connectivity index (χ1n) is 9.54. The van der Waals surface area contributed by atoms with Gasteiger partial charge in [0.05, 0.1) is 11.1 Å². The van der Waals surface area contributed by atoms with Crippen molar-refractivity contribution in [3.8, 4) is 0 Å². The summed E-state index contributed by atoms with van der Waals surface area (Å²) in [6.45, 7) is 1.93. The van der Waals surface area contributed by atoms with E-state index in [0.29, 0.717) is 18.7 Å². The van der Waals surface area contributed by atoms with Gasteiger partial charge >= 0.3 is 5.97 Å². The summed E-state index contributed by atoms with van der Waals surface area (Å²) in [4.78, 5) is 21.2. The van der Waals surface area contributed by atoms with Gasteiger partial charge in [0.15, 0.2) is 5.82 Å². The topological polar surface area (TPSA) is 62.5 Å². The number of benzene rings is 2. The van der Waals surface area contributed by atoms with Crippen molar-refractivity contribution in [2.45, 2.75) is 25.7 Å². The summed E-state index contributed by atoms with van der Waals surface area (Å²) in [5.41, 5.74) is 3.02. The maximum Gasteiger partial charge on any atom is 0.310 e. The summed E-state index contributed by atoms with van der Waals surface area (Å²) in [6.07, 6.45) is 1.25. The zero-order valence-electron chi connectivity index (χ0n) is 15.7. The van der Waals surface area contributed by atoms with Crippen LogP contribution in [0.2, 0.25) is 0 Å². The number of aromatic nitrogens is 1. The molecular formula is C24H22N2O2. The Bertz CT molecular complexity index is 974. The predicted molar refractivity (Wildman–Crippen MR) is 110 cm³/mol. The van der Waals surface area contributed by atoms with E-state index in [1.807, 2.05) is 85.8 Å². The Morgan fingerprint density at radius 2 is 1.61 bits per heavy atom. The molecule has 2 atom stereocenters. The summed E-state index contributed by atoms with van der Waals surface area (Å²) >= 11 is 0. The lowest BCUT2D eigenvalue weighted by Gasteiger charge is -2.10. The minimum absolute atomic E-state index is 0.0398. The van der Waals surface area contributed by atoms with E-state index >= 15 is 0 Å². The van der Waals surface area contributed by atoms with E-state index in [9.17, 15) is 9.90 Å². The summed E-state index contributed by atoms with van der Waals surface area (Å²) < 4.78 is 0. The maximum atomic E-state index is 11.7. The standard InChI is InChI=1S/C24H22N2O2/c1-2-24(23(27)28)16-19(24)20-14-9-15-21(25-20)26-22(17-10-5-3-6-11-17)18-12-7-4-8-13-18/h3-15,19H,2,16H2,1H3,(H,27,28)/t19?,24-/m0/s1. The van der Waals surface area contributed by atoms with Gasteiger partial charge in [0.2, 0.25) is 0 Å². The van der Waals surface area contributed by atoms with Crippen molar-refractivity contribution in [2.75, 3.05) is 0 Å². The summed E-state index contributed by atoms with van der Waals surface area (Å²) in [6, 6.07) is 25.7. The van der Waals surface area contributed by atoms with Crippen molar-refractivity contribution < 1.29 is 9.90 Å². The molecule has 0 radical (unpaired) electrons. The van der Waals surface area contributed by atoms with Gasteiger partial charge in [-0.3, -0.25) is 4.79 Å². The second-order valence-corrected chi connectivity index (χ2v) is 7.18. The lowest BCUT2D eigenvalue weighted by molar-refractivity contribution is -0.143. The van der Waals surface area contributed by atoms with Gasteiger partial charge in [-0.05, 0) is 25.0 Å². The van der Waals surface area contributed by atoms with Crippen LogP contribution in [0.5, 0.6) is 0 Å². The van der Waals surface area contributed by atoms with Crippen molar-refractivity contribution in [1.82, 2.24) is 4.98 Å². The fourth-order valence-corrected chi connectivity index (χ4v) is 3.77. The summed E-state index contributed by atoms with van der Waals surface area (Å²) in [5.74, 6) is -0.172. The van der Waals surface area contributed by atoms with Crippen molar-refractivity contribution in [1.29, 1.82) is 0 Å². The van der Waals surface area contributed by atoms with Gasteiger partial charge < -0.3 is 5.11 Å². The molecule has 1 fully saturated rings. The second-order valence-electron chi connectivity index (χ2n) is 7.18. The molecule has 3 aromatic rings. The van der Waals surface area contributed by atoms with Gasteiger partial charge in [0.25, 0.3) is 0 Å². The zero-order chi connectivity index (χ0) is 19.6. The van der Waals surface area contributed by atoms with Crippen molar-refractivity contribution >= 4 is 17.5 Å². The smallest absolute Gasteiger partial charge is 0.310 e. The molecule has 0 saturated heterocycles. The van der Waals surface area contributed by atoms with E-state index in [1.54, 1.807) is 0 Å². The number of rotatable bonds is 6. The molecule has 140 valence electrons. The lowest BCUT2D eigenvalue weighted by Crippen LogP contribution is -2.16. The SMILES string of the molecule is CC[C@]1(C(=O)O)CC1c1cccc(N=C(c2ccccc2)c2ccccc2)n1. The molecule has 1 N–H and O–H groups in total. The Balaban J connectivity index is 1.73. The molecule has 0 aliphatic heterocycles. The van der Waals surface area contributed by atoms with Gasteiger partial charge in [-0.2, -0.15) is 0 Å². The zero-order valence-corrected chi connectivity index (χ0v) is 15.7. The van der Waals surface area contributed by atoms with Gasteiger partial charge in [-0.1, -0.05) is 73.7 Å². The van der Waals surface area contributed by atoms with Crippen LogP contribution in [0.25, 0.3) is 0 Å². The highest BCUT2D eigenvalue weighted by molar-refractivity contribution is 6.13. The molecule has 1 heterocycles. The molecule has 1 aromatic heterocycles. The van der Waals surface area contributed by atoms with E-state index < -0.39 is 11.4 Å². The third-order valence-electron chi connectivity index (χ3n) is 5.57. The molecule has 1 unspecified atom stereocenters. The fraction of sp³-hybridized carbons (Fsp3) is 0.208. The van der Waals surface area contributed by atoms with Crippen LogP contribution in [-0.4, -0.2) is 21.8 Å². The molecule has 4 heteroatoms. The first-order chi connectivity index (χ1) is 13.6. The van der Waals surface area contributed by atoms with Crippen molar-refractivity contribution in [3.63, 3.8) is 0 Å². The first-order valence-corrected chi connectivity index (χ1v) is 9.54. The average Bonchev–Trinajstić information content (AvgIpc) is 3.50. The highest BCUT2D eigenvalue weighted by Crippen LogP contribution is 2.61. The van der Waals surface area contributed by atoms with Crippen LogP contribution in [0.1, 0.15) is 42.5 Å². The van der Waals surface area contributed by atoms with Crippen LogP contribution in [-0.2, 0) is 4.79 Å². The van der Waals surface area contributed by atoms with Crippen LogP contribution in [0.4, 0.5) is 5.82 Å². The lowest BCUT2D eigenvalue weighted by atomic mass is 9.99. The Kier molecular flexibility index (Phi) is 4.78. The number of aliphatic imine (C=N–C) groups is 1. The highest BCUT2D eigenvalue weighted by atomic mass is 16.4. The number of nitrogens with zero attached hydrogens (tertiary/aromatic N) is 2. The van der Waals surface area contributed by atoms with Crippen molar-refractivity contribution in [3.05, 3.63) is 95.7 Å². The largest absolute Gasteiger partial charge is 0.481 e.